The number of carbonyl (C=O) groups is 1. The number of imidazole rings is 1. The van der Waals surface area contributed by atoms with E-state index in [0.717, 1.165) is 17.3 Å². The van der Waals surface area contributed by atoms with Gasteiger partial charge in [0.05, 0.1) is 17.9 Å². The van der Waals surface area contributed by atoms with Crippen LogP contribution in [0.25, 0.3) is 11.3 Å². The molecule has 28 heavy (non-hydrogen) atoms. The summed E-state index contributed by atoms with van der Waals surface area (Å²) in [5.74, 6) is -2.87. The maximum Gasteiger partial charge on any atom is 0.261 e. The molecule has 1 amide bonds. The van der Waals surface area contributed by atoms with Crippen molar-refractivity contribution < 1.29 is 18.7 Å². The van der Waals surface area contributed by atoms with Crippen molar-refractivity contribution in [3.63, 3.8) is 0 Å². The minimum absolute atomic E-state index is 0.386. The summed E-state index contributed by atoms with van der Waals surface area (Å²) in [6, 6.07) is 8.16. The van der Waals surface area contributed by atoms with Crippen molar-refractivity contribution in [3.8, 4) is 17.0 Å². The Morgan fingerprint density at radius 2 is 2.00 bits per heavy atom. The van der Waals surface area contributed by atoms with Gasteiger partial charge in [-0.2, -0.15) is 0 Å². The van der Waals surface area contributed by atoms with E-state index in [-0.39, 0.29) is 0 Å². The highest BCUT2D eigenvalue weighted by molar-refractivity contribution is 6.30. The smallest absolute Gasteiger partial charge is 0.261 e. The fourth-order valence-electron chi connectivity index (χ4n) is 3.49. The highest BCUT2D eigenvalue weighted by Crippen LogP contribution is 2.35. The zero-order valence-corrected chi connectivity index (χ0v) is 15.4. The van der Waals surface area contributed by atoms with Crippen molar-refractivity contribution >= 4 is 17.5 Å². The van der Waals surface area contributed by atoms with Gasteiger partial charge in [-0.3, -0.25) is 4.79 Å². The predicted octanol–water partition coefficient (Wildman–Crippen LogP) is 4.69. The van der Waals surface area contributed by atoms with Gasteiger partial charge in [0.2, 0.25) is 0 Å². The average molecular weight is 404 g/mol. The number of hydrogen-bond donors (Lipinski definition) is 2. The van der Waals surface area contributed by atoms with Gasteiger partial charge in [0, 0.05) is 23.7 Å². The average Bonchev–Trinajstić information content (AvgIpc) is 3.30. The number of aromatic amines is 1. The van der Waals surface area contributed by atoms with Crippen LogP contribution in [0, 0.1) is 11.6 Å². The minimum Gasteiger partial charge on any atom is -0.507 e. The van der Waals surface area contributed by atoms with Crippen molar-refractivity contribution in [2.75, 3.05) is 6.54 Å². The summed E-state index contributed by atoms with van der Waals surface area (Å²) < 4.78 is 27.4. The number of phenols is 1. The molecule has 144 valence electrons. The Hall–Kier alpha value is -2.93. The van der Waals surface area contributed by atoms with Crippen LogP contribution in [0.3, 0.4) is 0 Å². The lowest BCUT2D eigenvalue weighted by atomic mass is 10.1. The summed E-state index contributed by atoms with van der Waals surface area (Å²) in [7, 11) is 0. The third kappa shape index (κ3) is 3.33. The molecule has 1 saturated heterocycles. The third-order valence-electron chi connectivity index (χ3n) is 4.83. The Morgan fingerprint density at radius 3 is 2.71 bits per heavy atom. The molecular formula is C20H16ClF2N3O2. The van der Waals surface area contributed by atoms with Crippen LogP contribution in [0.4, 0.5) is 8.78 Å². The molecule has 5 nitrogen and oxygen atoms in total. The Balaban J connectivity index is 1.63. The number of aromatic nitrogens is 2. The quantitative estimate of drug-likeness (QED) is 0.666. The van der Waals surface area contributed by atoms with Crippen LogP contribution < -0.4 is 0 Å². The first-order chi connectivity index (χ1) is 13.4. The van der Waals surface area contributed by atoms with E-state index < -0.39 is 34.9 Å². The van der Waals surface area contributed by atoms with Gasteiger partial charge in [-0.1, -0.05) is 23.7 Å². The van der Waals surface area contributed by atoms with Crippen LogP contribution in [-0.4, -0.2) is 32.4 Å². The zero-order valence-electron chi connectivity index (χ0n) is 14.6. The molecule has 1 aromatic heterocycles. The summed E-state index contributed by atoms with van der Waals surface area (Å²) in [5, 5.41) is 10.5. The molecule has 0 unspecified atom stereocenters. The number of nitrogens with one attached hydrogen (secondary N) is 1. The van der Waals surface area contributed by atoms with E-state index >= 15 is 0 Å². The van der Waals surface area contributed by atoms with Crippen molar-refractivity contribution in [2.24, 2.45) is 0 Å². The summed E-state index contributed by atoms with van der Waals surface area (Å²) in [5.41, 5.74) is 1.13. The number of aromatic hydroxyl groups is 1. The van der Waals surface area contributed by atoms with E-state index in [1.165, 1.54) is 4.90 Å². The van der Waals surface area contributed by atoms with Crippen molar-refractivity contribution in [1.82, 2.24) is 14.9 Å². The lowest BCUT2D eigenvalue weighted by Gasteiger charge is -2.24. The predicted molar refractivity (Wildman–Crippen MR) is 100 cm³/mol. The number of amides is 1. The summed E-state index contributed by atoms with van der Waals surface area (Å²) in [4.78, 5) is 21.9. The first-order valence-electron chi connectivity index (χ1n) is 8.74. The molecular weight excluding hydrogens is 388 g/mol. The minimum atomic E-state index is -1.09. The second kappa shape index (κ2) is 7.24. The van der Waals surface area contributed by atoms with Crippen molar-refractivity contribution in [2.45, 2.75) is 18.9 Å². The van der Waals surface area contributed by atoms with E-state index in [2.05, 4.69) is 9.97 Å². The Bertz CT molecular complexity index is 1010. The van der Waals surface area contributed by atoms with Gasteiger partial charge in [0.1, 0.15) is 28.8 Å². The highest BCUT2D eigenvalue weighted by atomic mass is 35.5. The van der Waals surface area contributed by atoms with Crippen LogP contribution in [0.2, 0.25) is 5.02 Å². The molecule has 2 N–H and O–H groups in total. The molecule has 1 atom stereocenters. The second-order valence-electron chi connectivity index (χ2n) is 6.63. The number of halogens is 3. The van der Waals surface area contributed by atoms with Gasteiger partial charge in [-0.05, 0) is 30.5 Å². The first-order valence-corrected chi connectivity index (χ1v) is 9.11. The van der Waals surface area contributed by atoms with Gasteiger partial charge in [-0.15, -0.1) is 0 Å². The molecule has 0 radical (unpaired) electrons. The number of phenolic OH excluding ortho intramolecular Hbond substituents is 1. The molecule has 1 aliphatic heterocycles. The maximum absolute atomic E-state index is 14.1. The van der Waals surface area contributed by atoms with Crippen molar-refractivity contribution in [3.05, 3.63) is 70.6 Å². The van der Waals surface area contributed by atoms with E-state index in [1.54, 1.807) is 18.3 Å². The normalized spacial score (nSPS) is 16.5. The summed E-state index contributed by atoms with van der Waals surface area (Å²) in [6.07, 6.45) is 3.01. The SMILES string of the molecule is O=C(c1c(O)cc(F)cc1F)N1CCC[C@@H]1c1ncc(-c2ccc(Cl)cc2)[nH]1. The van der Waals surface area contributed by atoms with Crippen LogP contribution in [0.5, 0.6) is 5.75 Å². The number of carbonyl (C=O) groups excluding carboxylic acids is 1. The number of likely N-dealkylation sites (tertiary alicyclic amines) is 1. The Kier molecular flexibility index (Phi) is 4.77. The molecule has 1 fully saturated rings. The monoisotopic (exact) mass is 403 g/mol. The lowest BCUT2D eigenvalue weighted by Crippen LogP contribution is -2.31. The molecule has 2 heterocycles. The molecule has 2 aromatic carbocycles. The molecule has 0 spiro atoms. The maximum atomic E-state index is 14.1. The second-order valence-corrected chi connectivity index (χ2v) is 7.06. The molecule has 0 bridgehead atoms. The van der Waals surface area contributed by atoms with Crippen LogP contribution in [-0.2, 0) is 0 Å². The van der Waals surface area contributed by atoms with E-state index in [0.29, 0.717) is 36.3 Å². The van der Waals surface area contributed by atoms with Crippen LogP contribution in [0.1, 0.15) is 35.1 Å². The summed E-state index contributed by atoms with van der Waals surface area (Å²) >= 11 is 5.91. The molecule has 1 aliphatic rings. The van der Waals surface area contributed by atoms with Gasteiger partial charge < -0.3 is 15.0 Å². The standard InChI is InChI=1S/C20H16ClF2N3O2/c21-12-5-3-11(4-6-12)15-10-24-19(25-15)16-2-1-7-26(16)20(28)18-14(23)8-13(22)9-17(18)27/h3-6,8-10,16,27H,1-2,7H2,(H,24,25)/t16-/m1/s1. The van der Waals surface area contributed by atoms with Gasteiger partial charge in [-0.25, -0.2) is 13.8 Å². The fourth-order valence-corrected chi connectivity index (χ4v) is 3.62. The van der Waals surface area contributed by atoms with Crippen LogP contribution >= 0.6 is 11.6 Å². The van der Waals surface area contributed by atoms with Crippen LogP contribution in [0.15, 0.2) is 42.6 Å². The Labute approximate surface area is 164 Å². The van der Waals surface area contributed by atoms with Gasteiger partial charge in [0.15, 0.2) is 0 Å². The lowest BCUT2D eigenvalue weighted by molar-refractivity contribution is 0.0722. The molecule has 0 aliphatic carbocycles. The van der Waals surface area contributed by atoms with E-state index in [9.17, 15) is 18.7 Å². The molecule has 8 heteroatoms. The zero-order chi connectivity index (χ0) is 19.8. The largest absolute Gasteiger partial charge is 0.507 e. The molecule has 4 rings (SSSR count). The number of nitrogens with zero attached hydrogens (tertiary/aromatic N) is 2. The third-order valence-corrected chi connectivity index (χ3v) is 5.08. The van der Waals surface area contributed by atoms with Gasteiger partial charge in [0.25, 0.3) is 5.91 Å². The highest BCUT2D eigenvalue weighted by Gasteiger charge is 2.35. The molecule has 0 saturated carbocycles. The van der Waals surface area contributed by atoms with Crippen molar-refractivity contribution in [1.29, 1.82) is 0 Å². The van der Waals surface area contributed by atoms with E-state index in [4.69, 9.17) is 11.6 Å². The van der Waals surface area contributed by atoms with Gasteiger partial charge >= 0.3 is 0 Å². The number of rotatable bonds is 3. The topological polar surface area (TPSA) is 69.2 Å². The fraction of sp³-hybridized carbons (Fsp3) is 0.200. The molecule has 3 aromatic rings. The number of hydrogen-bond acceptors (Lipinski definition) is 3. The van der Waals surface area contributed by atoms with E-state index in [1.807, 2.05) is 12.1 Å². The summed E-state index contributed by atoms with van der Waals surface area (Å²) in [6.45, 7) is 0.386. The first kappa shape index (κ1) is 18.4. The Morgan fingerprint density at radius 1 is 1.25 bits per heavy atom. The number of H-pyrrole nitrogens is 1. The number of benzene rings is 2.